The van der Waals surface area contributed by atoms with Crippen LogP contribution in [0.4, 0.5) is 5.82 Å². The maximum absolute atomic E-state index is 4.26. The zero-order valence-corrected chi connectivity index (χ0v) is 9.84. The van der Waals surface area contributed by atoms with E-state index in [1.54, 1.807) is 17.7 Å². The van der Waals surface area contributed by atoms with Crippen LogP contribution in [0.1, 0.15) is 20.3 Å². The zero-order valence-electron chi connectivity index (χ0n) is 9.03. The van der Waals surface area contributed by atoms with Gasteiger partial charge in [0.1, 0.15) is 17.0 Å². The van der Waals surface area contributed by atoms with Gasteiger partial charge in [-0.15, -0.1) is 11.3 Å². The number of rotatable bonds is 4. The summed E-state index contributed by atoms with van der Waals surface area (Å²) in [6.07, 6.45) is 2.78. The lowest BCUT2D eigenvalue weighted by Gasteiger charge is -2.07. The second kappa shape index (κ2) is 4.57. The van der Waals surface area contributed by atoms with Crippen molar-refractivity contribution < 1.29 is 0 Å². The average Bonchev–Trinajstić information content (AvgIpc) is 2.65. The van der Waals surface area contributed by atoms with Crippen LogP contribution in [0.25, 0.3) is 10.2 Å². The van der Waals surface area contributed by atoms with Crippen LogP contribution in [-0.4, -0.2) is 16.5 Å². The number of thiophene rings is 1. The molecule has 0 saturated heterocycles. The Bertz CT molecular complexity index is 436. The third-order valence-corrected chi connectivity index (χ3v) is 3.10. The quantitative estimate of drug-likeness (QED) is 0.861. The molecule has 0 unspecified atom stereocenters. The molecule has 2 aromatic rings. The molecule has 0 aliphatic carbocycles. The van der Waals surface area contributed by atoms with Crippen LogP contribution in [0.15, 0.2) is 17.8 Å². The molecule has 4 heteroatoms. The number of hydrogen-bond donors (Lipinski definition) is 1. The third-order valence-electron chi connectivity index (χ3n) is 2.28. The van der Waals surface area contributed by atoms with E-state index >= 15 is 0 Å². The molecule has 0 spiro atoms. The average molecular weight is 221 g/mol. The SMILES string of the molecule is CC(C)CCNc1ncnc2sccc12. The molecule has 0 aliphatic heterocycles. The van der Waals surface area contributed by atoms with Gasteiger partial charge in [-0.3, -0.25) is 0 Å². The Morgan fingerprint density at radius 2 is 2.27 bits per heavy atom. The predicted octanol–water partition coefficient (Wildman–Crippen LogP) is 3.15. The molecule has 1 N–H and O–H groups in total. The lowest BCUT2D eigenvalue weighted by molar-refractivity contribution is 0.607. The zero-order chi connectivity index (χ0) is 10.7. The van der Waals surface area contributed by atoms with Crippen LogP contribution in [0.3, 0.4) is 0 Å². The molecule has 0 atom stereocenters. The van der Waals surface area contributed by atoms with E-state index in [9.17, 15) is 0 Å². The second-order valence-electron chi connectivity index (χ2n) is 3.97. The minimum absolute atomic E-state index is 0.720. The van der Waals surface area contributed by atoms with Crippen molar-refractivity contribution >= 4 is 27.4 Å². The summed E-state index contributed by atoms with van der Waals surface area (Å²) in [5.74, 6) is 1.68. The smallest absolute Gasteiger partial charge is 0.138 e. The van der Waals surface area contributed by atoms with Gasteiger partial charge < -0.3 is 5.32 Å². The predicted molar refractivity (Wildman–Crippen MR) is 65.4 cm³/mol. The summed E-state index contributed by atoms with van der Waals surface area (Å²) in [5, 5.41) is 6.54. The van der Waals surface area contributed by atoms with Gasteiger partial charge >= 0.3 is 0 Å². The molecule has 0 radical (unpaired) electrons. The molecule has 3 nitrogen and oxygen atoms in total. The molecule has 0 fully saturated rings. The molecular weight excluding hydrogens is 206 g/mol. The number of aromatic nitrogens is 2. The Labute approximate surface area is 93.6 Å². The summed E-state index contributed by atoms with van der Waals surface area (Å²) in [6.45, 7) is 5.42. The number of nitrogens with one attached hydrogen (secondary N) is 1. The first-order valence-electron chi connectivity index (χ1n) is 5.19. The molecule has 0 aromatic carbocycles. The highest BCUT2D eigenvalue weighted by Crippen LogP contribution is 2.23. The van der Waals surface area contributed by atoms with Gasteiger partial charge in [0.2, 0.25) is 0 Å². The van der Waals surface area contributed by atoms with E-state index in [1.807, 2.05) is 5.38 Å². The normalized spacial score (nSPS) is 11.1. The Hall–Kier alpha value is -1.16. The molecule has 2 heterocycles. The van der Waals surface area contributed by atoms with E-state index in [2.05, 4.69) is 35.2 Å². The fourth-order valence-electron chi connectivity index (χ4n) is 1.41. The molecule has 0 aliphatic rings. The maximum Gasteiger partial charge on any atom is 0.138 e. The number of nitrogens with zero attached hydrogens (tertiary/aromatic N) is 2. The molecule has 2 rings (SSSR count). The molecule has 80 valence electrons. The molecular formula is C11H15N3S. The van der Waals surface area contributed by atoms with Crippen LogP contribution >= 0.6 is 11.3 Å². The van der Waals surface area contributed by atoms with Crippen LogP contribution < -0.4 is 5.32 Å². The van der Waals surface area contributed by atoms with Crippen molar-refractivity contribution in [1.29, 1.82) is 0 Å². The summed E-state index contributed by atoms with van der Waals surface area (Å²) in [6, 6.07) is 2.07. The molecule has 0 amide bonds. The van der Waals surface area contributed by atoms with E-state index in [-0.39, 0.29) is 0 Å². The van der Waals surface area contributed by atoms with Gasteiger partial charge in [0.05, 0.1) is 5.39 Å². The first-order chi connectivity index (χ1) is 7.27. The van der Waals surface area contributed by atoms with Crippen LogP contribution in [-0.2, 0) is 0 Å². The summed E-state index contributed by atoms with van der Waals surface area (Å²) < 4.78 is 0. The highest BCUT2D eigenvalue weighted by atomic mass is 32.1. The summed E-state index contributed by atoms with van der Waals surface area (Å²) in [5.41, 5.74) is 0. The van der Waals surface area contributed by atoms with Crippen molar-refractivity contribution in [1.82, 2.24) is 9.97 Å². The van der Waals surface area contributed by atoms with E-state index in [4.69, 9.17) is 0 Å². The van der Waals surface area contributed by atoms with Gasteiger partial charge in [-0.2, -0.15) is 0 Å². The van der Waals surface area contributed by atoms with E-state index < -0.39 is 0 Å². The minimum atomic E-state index is 0.720. The monoisotopic (exact) mass is 221 g/mol. The molecule has 2 aromatic heterocycles. The van der Waals surface area contributed by atoms with Crippen molar-refractivity contribution in [2.24, 2.45) is 5.92 Å². The Morgan fingerprint density at radius 3 is 3.07 bits per heavy atom. The maximum atomic E-state index is 4.26. The first kappa shape index (κ1) is 10.4. The van der Waals surface area contributed by atoms with Gasteiger partial charge in [0.25, 0.3) is 0 Å². The fourth-order valence-corrected chi connectivity index (χ4v) is 2.14. The highest BCUT2D eigenvalue weighted by Gasteiger charge is 2.03. The van der Waals surface area contributed by atoms with Crippen molar-refractivity contribution in [3.05, 3.63) is 17.8 Å². The Kier molecular flexibility index (Phi) is 3.16. The topological polar surface area (TPSA) is 37.8 Å². The van der Waals surface area contributed by atoms with E-state index in [0.717, 1.165) is 34.9 Å². The number of anilines is 1. The lowest BCUT2D eigenvalue weighted by Crippen LogP contribution is -2.06. The van der Waals surface area contributed by atoms with Gasteiger partial charge in [-0.1, -0.05) is 13.8 Å². The van der Waals surface area contributed by atoms with Gasteiger partial charge in [0.15, 0.2) is 0 Å². The van der Waals surface area contributed by atoms with Gasteiger partial charge in [-0.05, 0) is 23.8 Å². The molecule has 0 bridgehead atoms. The first-order valence-corrected chi connectivity index (χ1v) is 6.07. The summed E-state index contributed by atoms with van der Waals surface area (Å²) in [7, 11) is 0. The summed E-state index contributed by atoms with van der Waals surface area (Å²) in [4.78, 5) is 9.53. The van der Waals surface area contributed by atoms with Crippen LogP contribution in [0, 0.1) is 5.92 Å². The Balaban J connectivity index is 2.10. The number of fused-ring (bicyclic) bond motifs is 1. The Morgan fingerprint density at radius 1 is 1.40 bits per heavy atom. The molecule has 0 saturated carbocycles. The van der Waals surface area contributed by atoms with Crippen molar-refractivity contribution in [2.45, 2.75) is 20.3 Å². The molecule has 15 heavy (non-hydrogen) atoms. The minimum Gasteiger partial charge on any atom is -0.369 e. The number of hydrogen-bond acceptors (Lipinski definition) is 4. The van der Waals surface area contributed by atoms with Crippen LogP contribution in [0.5, 0.6) is 0 Å². The van der Waals surface area contributed by atoms with Crippen molar-refractivity contribution in [2.75, 3.05) is 11.9 Å². The van der Waals surface area contributed by atoms with Gasteiger partial charge in [-0.25, -0.2) is 9.97 Å². The van der Waals surface area contributed by atoms with Crippen molar-refractivity contribution in [3.63, 3.8) is 0 Å². The standard InChI is InChI=1S/C11H15N3S/c1-8(2)3-5-12-10-9-4-6-15-11(9)14-7-13-10/h4,6-8H,3,5H2,1-2H3,(H,12,13,14). The van der Waals surface area contributed by atoms with Gasteiger partial charge in [0, 0.05) is 6.54 Å². The fraction of sp³-hybridized carbons (Fsp3) is 0.455. The third kappa shape index (κ3) is 2.45. The van der Waals surface area contributed by atoms with E-state index in [0.29, 0.717) is 0 Å². The summed E-state index contributed by atoms with van der Waals surface area (Å²) >= 11 is 1.65. The lowest BCUT2D eigenvalue weighted by atomic mass is 10.1. The van der Waals surface area contributed by atoms with E-state index in [1.165, 1.54) is 0 Å². The largest absolute Gasteiger partial charge is 0.369 e. The van der Waals surface area contributed by atoms with Crippen molar-refractivity contribution in [3.8, 4) is 0 Å². The highest BCUT2D eigenvalue weighted by molar-refractivity contribution is 7.16. The van der Waals surface area contributed by atoms with Crippen LogP contribution in [0.2, 0.25) is 0 Å². The second-order valence-corrected chi connectivity index (χ2v) is 4.87.